The summed E-state index contributed by atoms with van der Waals surface area (Å²) in [5.74, 6) is -0.800. The summed E-state index contributed by atoms with van der Waals surface area (Å²) in [6.45, 7) is 0.289. The van der Waals surface area contributed by atoms with Crippen LogP contribution in [0.3, 0.4) is 0 Å². The van der Waals surface area contributed by atoms with Crippen molar-refractivity contribution >= 4 is 17.7 Å². The van der Waals surface area contributed by atoms with Crippen molar-refractivity contribution in [2.75, 3.05) is 0 Å². The number of piperidine rings is 1. The van der Waals surface area contributed by atoms with Crippen molar-refractivity contribution in [2.45, 2.75) is 25.4 Å². The minimum absolute atomic E-state index is 0.215. The summed E-state index contributed by atoms with van der Waals surface area (Å²) in [7, 11) is 0. The number of fused-ring (bicyclic) bond motifs is 1. The molecule has 2 aliphatic heterocycles. The highest BCUT2D eigenvalue weighted by Gasteiger charge is 2.39. The first-order chi connectivity index (χ1) is 14.5. The van der Waals surface area contributed by atoms with Gasteiger partial charge in [0.1, 0.15) is 17.6 Å². The van der Waals surface area contributed by atoms with Crippen LogP contribution in [0.1, 0.15) is 28.8 Å². The van der Waals surface area contributed by atoms with Crippen LogP contribution >= 0.6 is 0 Å². The smallest absolute Gasteiger partial charge is 0.255 e. The van der Waals surface area contributed by atoms with E-state index in [2.05, 4.69) is 10.5 Å². The van der Waals surface area contributed by atoms with Crippen LogP contribution in [0, 0.1) is 5.82 Å². The number of carbonyl (C=O) groups is 3. The fraction of sp³-hybridized carbons (Fsp3) is 0.182. The molecular weight excluding hydrogens is 389 g/mol. The Balaban J connectivity index is 1.40. The molecule has 150 valence electrons. The van der Waals surface area contributed by atoms with Gasteiger partial charge in [0.25, 0.3) is 5.91 Å². The quantitative estimate of drug-likeness (QED) is 0.677. The van der Waals surface area contributed by atoms with E-state index >= 15 is 0 Å². The zero-order chi connectivity index (χ0) is 20.8. The number of halogens is 1. The fourth-order valence-electron chi connectivity index (χ4n) is 3.90. The van der Waals surface area contributed by atoms with Gasteiger partial charge in [-0.2, -0.15) is 0 Å². The third kappa shape index (κ3) is 3.06. The van der Waals surface area contributed by atoms with Crippen molar-refractivity contribution in [3.05, 3.63) is 65.5 Å². The number of aromatic nitrogens is 1. The van der Waals surface area contributed by atoms with Gasteiger partial charge in [0.05, 0.1) is 0 Å². The molecule has 1 unspecified atom stereocenters. The van der Waals surface area contributed by atoms with Crippen LogP contribution in [0.15, 0.2) is 53.1 Å². The number of hydrogen-bond acceptors (Lipinski definition) is 5. The second-order valence-electron chi connectivity index (χ2n) is 7.36. The maximum absolute atomic E-state index is 13.1. The van der Waals surface area contributed by atoms with Crippen LogP contribution in [0.25, 0.3) is 22.6 Å². The van der Waals surface area contributed by atoms with Crippen molar-refractivity contribution in [1.29, 1.82) is 0 Å². The Kier molecular flexibility index (Phi) is 4.20. The minimum atomic E-state index is -0.650. The SMILES string of the molecule is O=C1CCC(N2Cc3cc(-c4cc(-c5ccc(F)cc5)on4)ccc3C2=O)C(=O)N1. The molecule has 0 spiro atoms. The van der Waals surface area contributed by atoms with Gasteiger partial charge < -0.3 is 9.42 Å². The summed E-state index contributed by atoms with van der Waals surface area (Å²) in [6.07, 6.45) is 0.536. The lowest BCUT2D eigenvalue weighted by Gasteiger charge is -2.29. The second-order valence-corrected chi connectivity index (χ2v) is 7.36. The van der Waals surface area contributed by atoms with Gasteiger partial charge in [-0.25, -0.2) is 4.39 Å². The third-order valence-corrected chi connectivity index (χ3v) is 5.46. The standard InChI is InChI=1S/C22H16FN3O4/c23-15-4-1-12(2-5-15)19-10-17(25-30-19)13-3-6-16-14(9-13)11-26(22(16)29)18-7-8-20(27)24-21(18)28/h1-6,9-10,18H,7-8,11H2,(H,24,27,28). The number of hydrogen-bond donors (Lipinski definition) is 1. The Labute approximate surface area is 170 Å². The van der Waals surface area contributed by atoms with E-state index in [-0.39, 0.29) is 30.6 Å². The molecule has 1 aromatic heterocycles. The molecule has 1 N–H and O–H groups in total. The summed E-state index contributed by atoms with van der Waals surface area (Å²) in [6, 6.07) is 12.4. The third-order valence-electron chi connectivity index (χ3n) is 5.46. The number of rotatable bonds is 3. The first-order valence-electron chi connectivity index (χ1n) is 9.50. The average Bonchev–Trinajstić information content (AvgIpc) is 3.34. The average molecular weight is 405 g/mol. The number of carbonyl (C=O) groups excluding carboxylic acids is 3. The highest BCUT2D eigenvalue weighted by atomic mass is 19.1. The molecule has 2 aliphatic rings. The van der Waals surface area contributed by atoms with Crippen LogP contribution in [0.5, 0.6) is 0 Å². The molecule has 5 rings (SSSR count). The zero-order valence-corrected chi connectivity index (χ0v) is 15.7. The number of nitrogens with one attached hydrogen (secondary N) is 1. The van der Waals surface area contributed by atoms with E-state index in [0.717, 1.165) is 11.1 Å². The number of nitrogens with zero attached hydrogens (tertiary/aromatic N) is 2. The molecule has 1 atom stereocenters. The largest absolute Gasteiger partial charge is 0.356 e. The molecule has 8 heteroatoms. The highest BCUT2D eigenvalue weighted by Crippen LogP contribution is 2.32. The van der Waals surface area contributed by atoms with Crippen LogP contribution in [-0.2, 0) is 16.1 Å². The summed E-state index contributed by atoms with van der Waals surface area (Å²) in [4.78, 5) is 37.8. The molecule has 1 saturated heterocycles. The van der Waals surface area contributed by atoms with Crippen molar-refractivity contribution in [1.82, 2.24) is 15.4 Å². The van der Waals surface area contributed by atoms with E-state index in [1.54, 1.807) is 30.3 Å². The van der Waals surface area contributed by atoms with Gasteiger partial charge in [0.15, 0.2) is 5.76 Å². The summed E-state index contributed by atoms with van der Waals surface area (Å²) >= 11 is 0. The zero-order valence-electron chi connectivity index (χ0n) is 15.7. The second kappa shape index (κ2) is 6.91. The predicted molar refractivity (Wildman–Crippen MR) is 103 cm³/mol. The molecule has 3 aromatic rings. The van der Waals surface area contributed by atoms with Crippen LogP contribution in [-0.4, -0.2) is 33.8 Å². The summed E-state index contributed by atoms with van der Waals surface area (Å²) < 4.78 is 18.5. The van der Waals surface area contributed by atoms with Crippen molar-refractivity contribution in [3.8, 4) is 22.6 Å². The van der Waals surface area contributed by atoms with Crippen molar-refractivity contribution < 1.29 is 23.3 Å². The van der Waals surface area contributed by atoms with Crippen LogP contribution in [0.4, 0.5) is 4.39 Å². The van der Waals surface area contributed by atoms with Crippen molar-refractivity contribution in [3.63, 3.8) is 0 Å². The maximum atomic E-state index is 13.1. The van der Waals surface area contributed by atoms with E-state index in [9.17, 15) is 18.8 Å². The number of imide groups is 1. The van der Waals surface area contributed by atoms with Gasteiger partial charge in [-0.15, -0.1) is 0 Å². The molecule has 0 aliphatic carbocycles. The molecule has 7 nitrogen and oxygen atoms in total. The van der Waals surface area contributed by atoms with Gasteiger partial charge in [0, 0.05) is 35.7 Å². The molecular formula is C22H16FN3O4. The van der Waals surface area contributed by atoms with E-state index < -0.39 is 11.9 Å². The Bertz CT molecular complexity index is 1190. The van der Waals surface area contributed by atoms with E-state index in [4.69, 9.17) is 4.52 Å². The molecule has 3 amide bonds. The first-order valence-corrected chi connectivity index (χ1v) is 9.50. The maximum Gasteiger partial charge on any atom is 0.255 e. The molecule has 0 radical (unpaired) electrons. The van der Waals surface area contributed by atoms with Gasteiger partial charge in [-0.1, -0.05) is 11.2 Å². The van der Waals surface area contributed by atoms with Crippen LogP contribution < -0.4 is 5.32 Å². The van der Waals surface area contributed by atoms with Gasteiger partial charge >= 0.3 is 0 Å². The molecule has 3 heterocycles. The van der Waals surface area contributed by atoms with Crippen molar-refractivity contribution in [2.24, 2.45) is 0 Å². The van der Waals surface area contributed by atoms with Gasteiger partial charge in [-0.05, 0) is 48.4 Å². The van der Waals surface area contributed by atoms with E-state index in [0.29, 0.717) is 29.0 Å². The Morgan fingerprint density at radius 1 is 1.03 bits per heavy atom. The monoisotopic (exact) mass is 405 g/mol. The van der Waals surface area contributed by atoms with Gasteiger partial charge in [-0.3, -0.25) is 19.7 Å². The Morgan fingerprint density at radius 3 is 2.57 bits per heavy atom. The lowest BCUT2D eigenvalue weighted by molar-refractivity contribution is -0.136. The summed E-state index contributed by atoms with van der Waals surface area (Å²) in [5.41, 5.74) is 3.38. The molecule has 30 heavy (non-hydrogen) atoms. The predicted octanol–water partition coefficient (Wildman–Crippen LogP) is 2.91. The lowest BCUT2D eigenvalue weighted by atomic mass is 10.0. The molecule has 1 fully saturated rings. The van der Waals surface area contributed by atoms with E-state index in [1.165, 1.54) is 17.0 Å². The lowest BCUT2D eigenvalue weighted by Crippen LogP contribution is -2.52. The first kappa shape index (κ1) is 18.2. The fourth-order valence-corrected chi connectivity index (χ4v) is 3.90. The summed E-state index contributed by atoms with van der Waals surface area (Å²) in [5, 5.41) is 6.39. The minimum Gasteiger partial charge on any atom is -0.356 e. The Hall–Kier alpha value is -3.81. The highest BCUT2D eigenvalue weighted by molar-refractivity contribution is 6.05. The number of benzene rings is 2. The van der Waals surface area contributed by atoms with E-state index in [1.807, 2.05) is 6.07 Å². The molecule has 0 saturated carbocycles. The normalized spacial score (nSPS) is 18.5. The van der Waals surface area contributed by atoms with Crippen LogP contribution in [0.2, 0.25) is 0 Å². The molecule has 2 aromatic carbocycles. The Morgan fingerprint density at radius 2 is 1.80 bits per heavy atom. The van der Waals surface area contributed by atoms with Gasteiger partial charge in [0.2, 0.25) is 11.8 Å². The molecule has 0 bridgehead atoms. The number of amides is 3. The topological polar surface area (TPSA) is 92.5 Å².